The molecule has 60 heavy (non-hydrogen) atoms. The second kappa shape index (κ2) is 34.0. The first-order chi connectivity index (χ1) is 28.5. The number of rotatable bonds is 8. The molecule has 0 bridgehead atoms. The fraction of sp³-hybridized carbons (Fsp3) is 1.00. The lowest BCUT2D eigenvalue weighted by atomic mass is 9.89. The Balaban J connectivity index is 0.000000361. The normalized spacial score (nSPS) is 23.1. The molecule has 0 aliphatic carbocycles. The number of nitrogens with zero attached hydrogens (tertiary/aromatic N) is 8. The first-order valence-corrected chi connectivity index (χ1v) is 25.4. The Kier molecular flexibility index (Phi) is 32.7. The quantitative estimate of drug-likeness (QED) is 0.242. The van der Waals surface area contributed by atoms with Gasteiger partial charge in [0.2, 0.25) is 0 Å². The van der Waals surface area contributed by atoms with Crippen LogP contribution < -0.4 is 0 Å². The second-order valence-corrected chi connectivity index (χ2v) is 20.4. The van der Waals surface area contributed by atoms with Crippen molar-refractivity contribution in [3.8, 4) is 0 Å². The van der Waals surface area contributed by atoms with E-state index in [1.54, 1.807) is 0 Å². The van der Waals surface area contributed by atoms with Gasteiger partial charge in [0.15, 0.2) is 0 Å². The lowest BCUT2D eigenvalue weighted by molar-refractivity contribution is 0.0238. The van der Waals surface area contributed by atoms with Crippen molar-refractivity contribution in [3.05, 3.63) is 0 Å². The zero-order valence-corrected chi connectivity index (χ0v) is 43.4. The van der Waals surface area contributed by atoms with Crippen LogP contribution in [0.2, 0.25) is 0 Å². The molecular weight excluding hydrogens is 745 g/mol. The number of piperazine rings is 2. The van der Waals surface area contributed by atoms with Gasteiger partial charge in [-0.1, -0.05) is 27.2 Å². The highest BCUT2D eigenvalue weighted by Gasteiger charge is 2.22. The van der Waals surface area contributed by atoms with Gasteiger partial charge in [-0.05, 0) is 173 Å². The molecule has 6 aliphatic rings. The highest BCUT2D eigenvalue weighted by molar-refractivity contribution is 4.78. The van der Waals surface area contributed by atoms with E-state index in [0.29, 0.717) is 6.04 Å². The Morgan fingerprint density at radius 2 is 0.800 bits per heavy atom. The van der Waals surface area contributed by atoms with E-state index in [1.165, 1.54) is 130 Å². The minimum Gasteiger partial charge on any atom is -0.381 e. The molecular formula is C50H108N8O2. The van der Waals surface area contributed by atoms with Crippen molar-refractivity contribution in [3.63, 3.8) is 0 Å². The fourth-order valence-electron chi connectivity index (χ4n) is 8.76. The summed E-state index contributed by atoms with van der Waals surface area (Å²) >= 11 is 0. The van der Waals surface area contributed by atoms with Gasteiger partial charge in [0.25, 0.3) is 0 Å². The zero-order chi connectivity index (χ0) is 45.0. The molecule has 0 spiro atoms. The number of morpholine rings is 1. The molecule has 6 aliphatic heterocycles. The SMILES string of the molecule is CC(C)C1CCOCC1.CC(C)N1CCC(N(C)C)CC1.CC(C)N1CCCCC1.CC(C)N1CCN(C)CC1.CC(C)N1CCOCC1.CCN1CCN(C(C)C)CC1. The molecule has 10 nitrogen and oxygen atoms in total. The van der Waals surface area contributed by atoms with E-state index in [2.05, 4.69) is 150 Å². The van der Waals surface area contributed by atoms with Crippen LogP contribution in [0.1, 0.15) is 135 Å². The van der Waals surface area contributed by atoms with Crippen molar-refractivity contribution in [1.29, 1.82) is 0 Å². The number of piperidine rings is 2. The van der Waals surface area contributed by atoms with Crippen molar-refractivity contribution in [2.24, 2.45) is 11.8 Å². The third kappa shape index (κ3) is 26.4. The van der Waals surface area contributed by atoms with Crippen LogP contribution in [0.15, 0.2) is 0 Å². The van der Waals surface area contributed by atoms with Gasteiger partial charge >= 0.3 is 0 Å². The van der Waals surface area contributed by atoms with E-state index >= 15 is 0 Å². The van der Waals surface area contributed by atoms with Gasteiger partial charge in [0, 0.05) is 115 Å². The molecule has 0 aromatic rings. The van der Waals surface area contributed by atoms with Crippen LogP contribution in [-0.2, 0) is 9.47 Å². The molecule has 0 aromatic carbocycles. The summed E-state index contributed by atoms with van der Waals surface area (Å²) in [5, 5.41) is 0. The number of hydrogen-bond acceptors (Lipinski definition) is 10. The van der Waals surface area contributed by atoms with E-state index in [9.17, 15) is 0 Å². The van der Waals surface area contributed by atoms with E-state index in [1.807, 2.05) is 0 Å². The van der Waals surface area contributed by atoms with Crippen molar-refractivity contribution in [1.82, 2.24) is 39.2 Å². The van der Waals surface area contributed by atoms with E-state index in [-0.39, 0.29) is 0 Å². The molecule has 360 valence electrons. The molecule has 6 fully saturated rings. The number of likely N-dealkylation sites (tertiary alicyclic amines) is 2. The van der Waals surface area contributed by atoms with Crippen LogP contribution in [0.4, 0.5) is 0 Å². The van der Waals surface area contributed by atoms with Crippen LogP contribution in [0.3, 0.4) is 0 Å². The van der Waals surface area contributed by atoms with Crippen LogP contribution in [-0.4, -0.2) is 221 Å². The topological polar surface area (TPSA) is 44.4 Å². The second-order valence-electron chi connectivity index (χ2n) is 20.4. The summed E-state index contributed by atoms with van der Waals surface area (Å²) in [7, 11) is 6.57. The van der Waals surface area contributed by atoms with Gasteiger partial charge in [-0.2, -0.15) is 0 Å². The van der Waals surface area contributed by atoms with Gasteiger partial charge in [0.05, 0.1) is 13.2 Å². The fourth-order valence-corrected chi connectivity index (χ4v) is 8.76. The summed E-state index contributed by atoms with van der Waals surface area (Å²) in [6.07, 6.45) is 9.51. The maximum absolute atomic E-state index is 5.25. The van der Waals surface area contributed by atoms with Crippen LogP contribution in [0.25, 0.3) is 0 Å². The lowest BCUT2D eigenvalue weighted by Crippen LogP contribution is -2.48. The molecule has 6 heterocycles. The summed E-state index contributed by atoms with van der Waals surface area (Å²) in [6, 6.07) is 4.47. The Labute approximate surface area is 376 Å². The number of hydrogen-bond donors (Lipinski definition) is 0. The first-order valence-electron chi connectivity index (χ1n) is 25.4. The summed E-state index contributed by atoms with van der Waals surface area (Å²) in [5.41, 5.74) is 0. The highest BCUT2D eigenvalue weighted by Crippen LogP contribution is 2.22. The lowest BCUT2D eigenvalue weighted by Gasteiger charge is -2.37. The van der Waals surface area contributed by atoms with E-state index in [4.69, 9.17) is 9.47 Å². The molecule has 0 aromatic heterocycles. The Morgan fingerprint density at radius 3 is 1.13 bits per heavy atom. The monoisotopic (exact) mass is 853 g/mol. The average Bonchev–Trinajstić information content (AvgIpc) is 3.26. The van der Waals surface area contributed by atoms with Crippen LogP contribution in [0.5, 0.6) is 0 Å². The van der Waals surface area contributed by atoms with Gasteiger partial charge in [0.1, 0.15) is 0 Å². The molecule has 6 rings (SSSR count). The third-order valence-electron chi connectivity index (χ3n) is 13.9. The van der Waals surface area contributed by atoms with E-state index in [0.717, 1.165) is 81.6 Å². The average molecular weight is 853 g/mol. The largest absolute Gasteiger partial charge is 0.381 e. The van der Waals surface area contributed by atoms with Crippen LogP contribution >= 0.6 is 0 Å². The molecule has 6 saturated heterocycles. The predicted molar refractivity (Wildman–Crippen MR) is 263 cm³/mol. The minimum absolute atomic E-state index is 0.689. The third-order valence-corrected chi connectivity index (χ3v) is 13.9. The minimum atomic E-state index is 0.689. The maximum atomic E-state index is 5.25. The van der Waals surface area contributed by atoms with Crippen molar-refractivity contribution in [2.75, 3.05) is 146 Å². The molecule has 0 N–H and O–H groups in total. The first kappa shape index (κ1) is 57.6. The van der Waals surface area contributed by atoms with Gasteiger partial charge in [-0.25, -0.2) is 0 Å². The Hall–Kier alpha value is -0.400. The predicted octanol–water partition coefficient (Wildman–Crippen LogP) is 7.77. The van der Waals surface area contributed by atoms with Gasteiger partial charge in [-0.3, -0.25) is 14.7 Å². The molecule has 0 radical (unpaired) electrons. The molecule has 0 amide bonds. The number of ether oxygens (including phenoxy) is 2. The molecule has 10 heteroatoms. The van der Waals surface area contributed by atoms with Crippen molar-refractivity contribution < 1.29 is 9.47 Å². The van der Waals surface area contributed by atoms with Crippen molar-refractivity contribution >= 4 is 0 Å². The Bertz CT molecular complexity index is 872. The summed E-state index contributed by atoms with van der Waals surface area (Å²) in [6.45, 7) is 52.0. The zero-order valence-electron chi connectivity index (χ0n) is 43.4. The smallest absolute Gasteiger partial charge is 0.0594 e. The standard InChI is InChI=1S/C10H22N2.C9H20N2.C8H18N2.C8H17N.C8H16O.C7H15NO/c1-9(2)12-7-5-10(6-8-12)11(3)4;1-4-10-5-7-11(8-6-10)9(2)3;1-8(2)10-6-4-9(3)5-7-10;1-8(2)9-6-4-3-5-7-9;2*1-7(2)8-3-5-9-6-4-8/h9-10H,5-8H2,1-4H3;9H,4-8H2,1-3H3;8H,4-7H2,1-3H3;8H,3-7H2,1-2H3;7-8H,3-6H2,1-2H3;7H,3-6H2,1-2H3. The van der Waals surface area contributed by atoms with Gasteiger partial charge in [-0.15, -0.1) is 0 Å². The summed E-state index contributed by atoms with van der Waals surface area (Å²) < 4.78 is 10.5. The number of likely N-dealkylation sites (N-methyl/N-ethyl adjacent to an activating group) is 2. The molecule has 0 unspecified atom stereocenters. The Morgan fingerprint density at radius 1 is 0.433 bits per heavy atom. The molecule has 0 saturated carbocycles. The highest BCUT2D eigenvalue weighted by atomic mass is 16.5. The van der Waals surface area contributed by atoms with Crippen LogP contribution in [0, 0.1) is 11.8 Å². The van der Waals surface area contributed by atoms with Crippen molar-refractivity contribution in [2.45, 2.75) is 171 Å². The molecule has 0 atom stereocenters. The summed E-state index contributed by atoms with van der Waals surface area (Å²) in [5.74, 6) is 1.78. The maximum Gasteiger partial charge on any atom is 0.0594 e. The summed E-state index contributed by atoms with van der Waals surface area (Å²) in [4.78, 5) is 19.9. The van der Waals surface area contributed by atoms with Gasteiger partial charge < -0.3 is 34.0 Å². The van der Waals surface area contributed by atoms with E-state index < -0.39 is 0 Å².